The summed E-state index contributed by atoms with van der Waals surface area (Å²) in [6.45, 7) is 2.02. The molecular formula is C12H14N2O. The van der Waals surface area contributed by atoms with Crippen molar-refractivity contribution in [3.63, 3.8) is 0 Å². The molecule has 3 nitrogen and oxygen atoms in total. The van der Waals surface area contributed by atoms with Gasteiger partial charge in [0, 0.05) is 6.42 Å². The number of benzene rings is 1. The van der Waals surface area contributed by atoms with Gasteiger partial charge in [-0.25, -0.2) is 0 Å². The number of carbonyl (C=O) groups excluding carboxylic acids is 1. The van der Waals surface area contributed by atoms with Crippen molar-refractivity contribution in [3.05, 3.63) is 41.4 Å². The van der Waals surface area contributed by atoms with Crippen LogP contribution in [0.3, 0.4) is 0 Å². The molecule has 0 aromatic heterocycles. The van der Waals surface area contributed by atoms with Crippen LogP contribution >= 0.6 is 0 Å². The van der Waals surface area contributed by atoms with Crippen molar-refractivity contribution >= 4 is 11.5 Å². The Kier molecular flexibility index (Phi) is 4.45. The number of ketones is 1. The minimum absolute atomic E-state index is 0.106. The molecule has 0 aliphatic rings. The minimum Gasteiger partial charge on any atom is -0.361 e. The molecule has 1 aromatic rings. The summed E-state index contributed by atoms with van der Waals surface area (Å²) in [5.41, 5.74) is 9.64. The third kappa shape index (κ3) is 3.15. The minimum atomic E-state index is -0.106. The van der Waals surface area contributed by atoms with E-state index in [4.69, 9.17) is 5.53 Å². The van der Waals surface area contributed by atoms with Crippen LogP contribution in [-0.2, 0) is 4.79 Å². The molecular weight excluding hydrogens is 188 g/mol. The van der Waals surface area contributed by atoms with E-state index in [0.29, 0.717) is 12.0 Å². The van der Waals surface area contributed by atoms with Crippen molar-refractivity contribution in [2.24, 2.45) is 0 Å². The zero-order valence-electron chi connectivity index (χ0n) is 8.81. The van der Waals surface area contributed by atoms with E-state index >= 15 is 0 Å². The van der Waals surface area contributed by atoms with Crippen molar-refractivity contribution in [2.75, 3.05) is 0 Å². The highest BCUT2D eigenvalue weighted by atomic mass is 16.1. The lowest BCUT2D eigenvalue weighted by molar-refractivity contribution is -0.117. The summed E-state index contributed by atoms with van der Waals surface area (Å²) in [6, 6.07) is 9.01. The lowest BCUT2D eigenvalue weighted by atomic mass is 10.0. The van der Waals surface area contributed by atoms with E-state index in [9.17, 15) is 4.79 Å². The fourth-order valence-electron chi connectivity index (χ4n) is 1.33. The summed E-state index contributed by atoms with van der Waals surface area (Å²) < 4.78 is 0. The van der Waals surface area contributed by atoms with E-state index in [0.717, 1.165) is 12.8 Å². The first-order valence-corrected chi connectivity index (χ1v) is 5.10. The second kappa shape index (κ2) is 5.89. The summed E-state index contributed by atoms with van der Waals surface area (Å²) in [4.78, 5) is 14.7. The van der Waals surface area contributed by atoms with Gasteiger partial charge in [0.25, 0.3) is 0 Å². The topological polar surface area (TPSA) is 53.5 Å². The second-order valence-electron chi connectivity index (χ2n) is 3.34. The molecule has 0 bridgehead atoms. The summed E-state index contributed by atoms with van der Waals surface area (Å²) in [5, 5.41) is 0. The third-order valence-corrected chi connectivity index (χ3v) is 2.17. The van der Waals surface area contributed by atoms with Gasteiger partial charge in [0.05, 0.1) is 5.56 Å². The van der Waals surface area contributed by atoms with Crippen LogP contribution in [-0.4, -0.2) is 16.3 Å². The number of unbranched alkanes of at least 4 members (excludes halogenated alkanes) is 1. The number of Topliss-reactive ketones (excluding diaryl/α,β-unsaturated/α-hetero) is 1. The van der Waals surface area contributed by atoms with Gasteiger partial charge in [0.1, 0.15) is 0 Å². The molecule has 0 heterocycles. The SMILES string of the molecule is CCCCC(=O)C(=[N+]=[N-])c1ccccc1. The van der Waals surface area contributed by atoms with Crippen molar-refractivity contribution < 1.29 is 9.58 Å². The van der Waals surface area contributed by atoms with E-state index in [1.165, 1.54) is 0 Å². The van der Waals surface area contributed by atoms with Gasteiger partial charge in [-0.15, -0.1) is 0 Å². The van der Waals surface area contributed by atoms with Crippen LogP contribution in [0.5, 0.6) is 0 Å². The molecule has 0 saturated carbocycles. The zero-order valence-corrected chi connectivity index (χ0v) is 8.81. The van der Waals surface area contributed by atoms with Gasteiger partial charge in [-0.2, -0.15) is 4.79 Å². The maximum absolute atomic E-state index is 11.6. The highest BCUT2D eigenvalue weighted by Gasteiger charge is 2.20. The van der Waals surface area contributed by atoms with Crippen LogP contribution in [0.4, 0.5) is 0 Å². The lowest BCUT2D eigenvalue weighted by Gasteiger charge is -1.95. The Morgan fingerprint density at radius 1 is 1.33 bits per heavy atom. The van der Waals surface area contributed by atoms with Crippen molar-refractivity contribution in [1.82, 2.24) is 0 Å². The quantitative estimate of drug-likeness (QED) is 0.411. The van der Waals surface area contributed by atoms with Crippen LogP contribution in [0.2, 0.25) is 0 Å². The predicted octanol–water partition coefficient (Wildman–Crippen LogP) is 2.46. The third-order valence-electron chi connectivity index (χ3n) is 2.17. The molecule has 0 radical (unpaired) electrons. The lowest BCUT2D eigenvalue weighted by Crippen LogP contribution is -2.16. The molecule has 0 aliphatic heterocycles. The molecule has 0 N–H and O–H groups in total. The fraction of sp³-hybridized carbons (Fsp3) is 0.333. The fourth-order valence-corrected chi connectivity index (χ4v) is 1.33. The normalized spacial score (nSPS) is 9.40. The molecule has 0 saturated heterocycles. The molecule has 0 unspecified atom stereocenters. The summed E-state index contributed by atoms with van der Waals surface area (Å²) >= 11 is 0. The molecule has 15 heavy (non-hydrogen) atoms. The van der Waals surface area contributed by atoms with Crippen LogP contribution in [0.1, 0.15) is 31.7 Å². The molecule has 78 valence electrons. The Morgan fingerprint density at radius 3 is 2.53 bits per heavy atom. The molecule has 0 aliphatic carbocycles. The van der Waals surface area contributed by atoms with Gasteiger partial charge in [-0.3, -0.25) is 4.79 Å². The first kappa shape index (κ1) is 11.3. The predicted molar refractivity (Wildman–Crippen MR) is 58.7 cm³/mol. The molecule has 1 aromatic carbocycles. The standard InChI is InChI=1S/C12H14N2O/c1-2-3-9-11(15)12(14-13)10-7-5-4-6-8-10/h4-8H,2-3,9H2,1H3. The Balaban J connectivity index is 2.83. The van der Waals surface area contributed by atoms with Gasteiger partial charge in [0.2, 0.25) is 5.78 Å². The van der Waals surface area contributed by atoms with Gasteiger partial charge in [-0.05, 0) is 18.6 Å². The van der Waals surface area contributed by atoms with Crippen LogP contribution in [0.15, 0.2) is 30.3 Å². The van der Waals surface area contributed by atoms with E-state index in [1.54, 1.807) is 12.1 Å². The largest absolute Gasteiger partial charge is 0.364 e. The van der Waals surface area contributed by atoms with Crippen molar-refractivity contribution in [1.29, 1.82) is 0 Å². The molecule has 3 heteroatoms. The Labute approximate surface area is 89.4 Å². The molecule has 0 fully saturated rings. The first-order valence-electron chi connectivity index (χ1n) is 5.10. The van der Waals surface area contributed by atoms with E-state index in [2.05, 4.69) is 4.79 Å². The van der Waals surface area contributed by atoms with Gasteiger partial charge < -0.3 is 5.53 Å². The zero-order chi connectivity index (χ0) is 11.1. The number of nitrogens with zero attached hydrogens (tertiary/aromatic N) is 2. The average Bonchev–Trinajstić information content (AvgIpc) is 2.29. The van der Waals surface area contributed by atoms with Gasteiger partial charge in [0.15, 0.2) is 0 Å². The monoisotopic (exact) mass is 202 g/mol. The summed E-state index contributed by atoms with van der Waals surface area (Å²) in [7, 11) is 0. The molecule has 1 rings (SSSR count). The molecule has 0 amide bonds. The summed E-state index contributed by atoms with van der Waals surface area (Å²) in [6.07, 6.45) is 2.22. The van der Waals surface area contributed by atoms with E-state index < -0.39 is 0 Å². The maximum Gasteiger partial charge on any atom is 0.364 e. The Morgan fingerprint density at radius 2 is 2.00 bits per heavy atom. The average molecular weight is 202 g/mol. The van der Waals surface area contributed by atoms with Crippen LogP contribution in [0.25, 0.3) is 5.53 Å². The number of carbonyl (C=O) groups is 1. The summed E-state index contributed by atoms with van der Waals surface area (Å²) in [5.74, 6) is -0.106. The highest BCUT2D eigenvalue weighted by Crippen LogP contribution is 2.04. The van der Waals surface area contributed by atoms with Gasteiger partial charge in [-0.1, -0.05) is 31.5 Å². The van der Waals surface area contributed by atoms with Gasteiger partial charge >= 0.3 is 5.71 Å². The molecule has 0 atom stereocenters. The number of hydrogen-bond acceptors (Lipinski definition) is 1. The molecule has 0 spiro atoms. The smallest absolute Gasteiger partial charge is 0.361 e. The number of rotatable bonds is 5. The van der Waals surface area contributed by atoms with E-state index in [1.807, 2.05) is 25.1 Å². The maximum atomic E-state index is 11.6. The van der Waals surface area contributed by atoms with Crippen LogP contribution in [0, 0.1) is 0 Å². The first-order chi connectivity index (χ1) is 7.29. The van der Waals surface area contributed by atoms with Crippen molar-refractivity contribution in [3.8, 4) is 0 Å². The highest BCUT2D eigenvalue weighted by molar-refractivity contribution is 6.43. The van der Waals surface area contributed by atoms with Crippen LogP contribution < -0.4 is 0 Å². The Bertz CT molecular complexity index is 378. The second-order valence-corrected chi connectivity index (χ2v) is 3.34. The van der Waals surface area contributed by atoms with Crippen molar-refractivity contribution in [2.45, 2.75) is 26.2 Å². The Hall–Kier alpha value is -1.73. The number of hydrogen-bond donors (Lipinski definition) is 0. The van der Waals surface area contributed by atoms with E-state index in [-0.39, 0.29) is 11.5 Å².